The number of nitrogens with one attached hydrogen (secondary N) is 1. The summed E-state index contributed by atoms with van der Waals surface area (Å²) in [5.41, 5.74) is 0.166. The van der Waals surface area contributed by atoms with Gasteiger partial charge >= 0.3 is 0 Å². The SMILES string of the molecule is CCCNC(CSCC)Cc1c(F)ccc(Br)c1F. The van der Waals surface area contributed by atoms with Gasteiger partial charge in [-0.25, -0.2) is 8.78 Å². The summed E-state index contributed by atoms with van der Waals surface area (Å²) in [4.78, 5) is 0. The second-order valence-electron chi connectivity index (χ2n) is 4.34. The van der Waals surface area contributed by atoms with Crippen LogP contribution in [0.25, 0.3) is 0 Å². The van der Waals surface area contributed by atoms with Crippen molar-refractivity contribution in [3.63, 3.8) is 0 Å². The summed E-state index contributed by atoms with van der Waals surface area (Å²) < 4.78 is 28.0. The molecule has 1 unspecified atom stereocenters. The Morgan fingerprint density at radius 3 is 2.68 bits per heavy atom. The summed E-state index contributed by atoms with van der Waals surface area (Å²) in [6, 6.07) is 2.82. The van der Waals surface area contributed by atoms with E-state index in [0.29, 0.717) is 10.9 Å². The Morgan fingerprint density at radius 1 is 1.32 bits per heavy atom. The van der Waals surface area contributed by atoms with Gasteiger partial charge in [0.25, 0.3) is 0 Å². The fourth-order valence-corrected chi connectivity index (χ4v) is 2.93. The number of hydrogen-bond donors (Lipinski definition) is 1. The van der Waals surface area contributed by atoms with Crippen LogP contribution in [0.4, 0.5) is 8.78 Å². The molecule has 0 aliphatic heterocycles. The molecule has 0 aromatic heterocycles. The average Bonchev–Trinajstić information content (AvgIpc) is 2.41. The summed E-state index contributed by atoms with van der Waals surface area (Å²) in [6.07, 6.45) is 1.39. The Morgan fingerprint density at radius 2 is 2.05 bits per heavy atom. The lowest BCUT2D eigenvalue weighted by molar-refractivity contribution is 0.501. The van der Waals surface area contributed by atoms with Gasteiger partial charge in [0.1, 0.15) is 11.6 Å². The van der Waals surface area contributed by atoms with Crippen LogP contribution in [0.15, 0.2) is 16.6 Å². The Labute approximate surface area is 126 Å². The molecule has 1 atom stereocenters. The van der Waals surface area contributed by atoms with Crippen LogP contribution < -0.4 is 5.32 Å². The number of benzene rings is 1. The van der Waals surface area contributed by atoms with Crippen molar-refractivity contribution in [1.82, 2.24) is 5.32 Å². The molecular weight excluding hydrogens is 332 g/mol. The molecule has 0 bridgehead atoms. The minimum Gasteiger partial charge on any atom is -0.313 e. The van der Waals surface area contributed by atoms with Crippen molar-refractivity contribution in [1.29, 1.82) is 0 Å². The lowest BCUT2D eigenvalue weighted by Gasteiger charge is -2.19. The van der Waals surface area contributed by atoms with Crippen LogP contribution in [-0.2, 0) is 6.42 Å². The van der Waals surface area contributed by atoms with Gasteiger partial charge in [-0.3, -0.25) is 0 Å². The Bertz CT molecular complexity index is 393. The fraction of sp³-hybridized carbons (Fsp3) is 0.571. The molecule has 0 spiro atoms. The van der Waals surface area contributed by atoms with E-state index >= 15 is 0 Å². The van der Waals surface area contributed by atoms with E-state index in [9.17, 15) is 8.78 Å². The molecule has 5 heteroatoms. The lowest BCUT2D eigenvalue weighted by Crippen LogP contribution is -2.34. The third kappa shape index (κ3) is 5.40. The van der Waals surface area contributed by atoms with E-state index in [0.717, 1.165) is 24.5 Å². The number of hydrogen-bond acceptors (Lipinski definition) is 2. The molecule has 0 saturated heterocycles. The maximum Gasteiger partial charge on any atom is 0.143 e. The second kappa shape index (κ2) is 8.93. The molecule has 0 fully saturated rings. The maximum absolute atomic E-state index is 13.9. The summed E-state index contributed by atoms with van der Waals surface area (Å²) >= 11 is 4.89. The van der Waals surface area contributed by atoms with Gasteiger partial charge in [-0.1, -0.05) is 13.8 Å². The van der Waals surface area contributed by atoms with Crippen LogP contribution >= 0.6 is 27.7 Å². The topological polar surface area (TPSA) is 12.0 Å². The molecule has 1 rings (SSSR count). The van der Waals surface area contributed by atoms with Gasteiger partial charge < -0.3 is 5.32 Å². The molecule has 108 valence electrons. The van der Waals surface area contributed by atoms with Crippen LogP contribution in [0.1, 0.15) is 25.8 Å². The first-order valence-corrected chi connectivity index (χ1v) is 8.48. The Balaban J connectivity index is 2.79. The summed E-state index contributed by atoms with van der Waals surface area (Å²) in [6.45, 7) is 5.03. The molecule has 0 aliphatic carbocycles. The zero-order valence-electron chi connectivity index (χ0n) is 11.3. The number of thioether (sulfide) groups is 1. The third-order valence-corrected chi connectivity index (χ3v) is 4.45. The minimum atomic E-state index is -0.482. The first kappa shape index (κ1) is 16.9. The predicted molar refractivity (Wildman–Crippen MR) is 82.8 cm³/mol. The zero-order chi connectivity index (χ0) is 14.3. The van der Waals surface area contributed by atoms with Crippen molar-refractivity contribution < 1.29 is 8.78 Å². The Hall–Kier alpha value is -0.130. The fourth-order valence-electron chi connectivity index (χ4n) is 1.80. The minimum absolute atomic E-state index is 0.100. The maximum atomic E-state index is 13.9. The highest BCUT2D eigenvalue weighted by Gasteiger charge is 2.17. The first-order chi connectivity index (χ1) is 9.10. The third-order valence-electron chi connectivity index (χ3n) is 2.80. The molecule has 1 N–H and O–H groups in total. The quantitative estimate of drug-likeness (QED) is 0.697. The number of halogens is 3. The van der Waals surface area contributed by atoms with E-state index in [2.05, 4.69) is 35.1 Å². The summed E-state index contributed by atoms with van der Waals surface area (Å²) in [5.74, 6) is 0.922. The van der Waals surface area contributed by atoms with Crippen molar-refractivity contribution in [3.05, 3.63) is 33.8 Å². The van der Waals surface area contributed by atoms with E-state index in [-0.39, 0.29) is 11.6 Å². The van der Waals surface area contributed by atoms with Gasteiger partial charge in [-0.15, -0.1) is 0 Å². The van der Waals surface area contributed by atoms with Crippen LogP contribution in [0.3, 0.4) is 0 Å². The molecule has 1 nitrogen and oxygen atoms in total. The van der Waals surface area contributed by atoms with Crippen molar-refractivity contribution in [2.24, 2.45) is 0 Å². The molecular formula is C14H20BrF2NS. The monoisotopic (exact) mass is 351 g/mol. The molecule has 19 heavy (non-hydrogen) atoms. The van der Waals surface area contributed by atoms with Crippen molar-refractivity contribution in [3.8, 4) is 0 Å². The summed E-state index contributed by atoms with van der Waals surface area (Å²) in [5, 5.41) is 3.36. The predicted octanol–water partition coefficient (Wildman–Crippen LogP) is 4.39. The summed E-state index contributed by atoms with van der Waals surface area (Å²) in [7, 11) is 0. The normalized spacial score (nSPS) is 12.7. The number of rotatable bonds is 8. The van der Waals surface area contributed by atoms with E-state index in [1.807, 2.05) is 0 Å². The zero-order valence-corrected chi connectivity index (χ0v) is 13.7. The molecule has 0 amide bonds. The van der Waals surface area contributed by atoms with Gasteiger partial charge in [0.2, 0.25) is 0 Å². The van der Waals surface area contributed by atoms with E-state index in [1.165, 1.54) is 12.1 Å². The standard InChI is InChI=1S/C14H20BrF2NS/c1-3-7-18-10(9-19-4-2)8-11-13(16)6-5-12(15)14(11)17/h5-6,10,18H,3-4,7-9H2,1-2H3. The van der Waals surface area contributed by atoms with Crippen LogP contribution in [-0.4, -0.2) is 24.1 Å². The highest BCUT2D eigenvalue weighted by atomic mass is 79.9. The van der Waals surface area contributed by atoms with Crippen LogP contribution in [0, 0.1) is 11.6 Å². The van der Waals surface area contributed by atoms with Crippen molar-refractivity contribution >= 4 is 27.7 Å². The van der Waals surface area contributed by atoms with Crippen molar-refractivity contribution in [2.45, 2.75) is 32.7 Å². The largest absolute Gasteiger partial charge is 0.313 e. The van der Waals surface area contributed by atoms with E-state index in [4.69, 9.17) is 0 Å². The molecule has 0 aliphatic rings. The van der Waals surface area contributed by atoms with E-state index < -0.39 is 11.6 Å². The van der Waals surface area contributed by atoms with Gasteiger partial charge in [0, 0.05) is 17.4 Å². The molecule has 0 radical (unpaired) electrons. The first-order valence-electron chi connectivity index (χ1n) is 6.53. The van der Waals surface area contributed by atoms with E-state index in [1.54, 1.807) is 11.8 Å². The highest BCUT2D eigenvalue weighted by molar-refractivity contribution is 9.10. The highest BCUT2D eigenvalue weighted by Crippen LogP contribution is 2.23. The van der Waals surface area contributed by atoms with Gasteiger partial charge in [0.05, 0.1) is 4.47 Å². The van der Waals surface area contributed by atoms with Crippen LogP contribution in [0.5, 0.6) is 0 Å². The molecule has 0 saturated carbocycles. The molecule has 1 aromatic carbocycles. The van der Waals surface area contributed by atoms with Gasteiger partial charge in [-0.2, -0.15) is 11.8 Å². The van der Waals surface area contributed by atoms with Crippen molar-refractivity contribution in [2.75, 3.05) is 18.1 Å². The van der Waals surface area contributed by atoms with Gasteiger partial charge in [0.15, 0.2) is 0 Å². The Kier molecular flexibility index (Phi) is 7.95. The average molecular weight is 352 g/mol. The van der Waals surface area contributed by atoms with Crippen LogP contribution in [0.2, 0.25) is 0 Å². The molecule has 1 aromatic rings. The second-order valence-corrected chi connectivity index (χ2v) is 6.51. The smallest absolute Gasteiger partial charge is 0.143 e. The van der Waals surface area contributed by atoms with Gasteiger partial charge in [-0.05, 0) is 53.2 Å². The lowest BCUT2D eigenvalue weighted by atomic mass is 10.1. The molecule has 0 heterocycles.